The van der Waals surface area contributed by atoms with Crippen LogP contribution in [0.5, 0.6) is 5.75 Å². The van der Waals surface area contributed by atoms with Crippen LogP contribution in [-0.4, -0.2) is 49.6 Å². The molecule has 1 atom stereocenters. The molecule has 21 heavy (non-hydrogen) atoms. The van der Waals surface area contributed by atoms with E-state index in [1.165, 1.54) is 5.56 Å². The van der Waals surface area contributed by atoms with Gasteiger partial charge in [0.1, 0.15) is 11.9 Å². The number of ether oxygens (including phenoxy) is 2. The summed E-state index contributed by atoms with van der Waals surface area (Å²) in [5.41, 5.74) is 2.16. The van der Waals surface area contributed by atoms with E-state index in [4.69, 9.17) is 9.47 Å². The van der Waals surface area contributed by atoms with E-state index in [1.54, 1.807) is 0 Å². The van der Waals surface area contributed by atoms with Gasteiger partial charge < -0.3 is 9.47 Å². The van der Waals surface area contributed by atoms with E-state index in [0.29, 0.717) is 26.2 Å². The highest BCUT2D eigenvalue weighted by Crippen LogP contribution is 2.33. The minimum atomic E-state index is -0.310. The van der Waals surface area contributed by atoms with Crippen LogP contribution >= 0.6 is 15.9 Å². The van der Waals surface area contributed by atoms with Crippen molar-refractivity contribution >= 4 is 21.7 Å². The Balaban J connectivity index is 1.73. The molecule has 4 nitrogen and oxygen atoms in total. The summed E-state index contributed by atoms with van der Waals surface area (Å²) in [5, 5.41) is 0. The van der Waals surface area contributed by atoms with Crippen LogP contribution in [-0.2, 0) is 22.4 Å². The van der Waals surface area contributed by atoms with Crippen LogP contribution < -0.4 is 4.74 Å². The lowest BCUT2D eigenvalue weighted by molar-refractivity contribution is -0.135. The fourth-order valence-corrected chi connectivity index (χ4v) is 3.52. The van der Waals surface area contributed by atoms with E-state index in [0.717, 1.165) is 35.3 Å². The minimum absolute atomic E-state index is 0.143. The van der Waals surface area contributed by atoms with Crippen LogP contribution in [0.1, 0.15) is 18.1 Å². The smallest absolute Gasteiger partial charge is 0.167 e. The molecule has 0 N–H and O–H groups in total. The lowest BCUT2D eigenvalue weighted by Crippen LogP contribution is -2.46. The summed E-state index contributed by atoms with van der Waals surface area (Å²) >= 11 is 3.52. The number of ketones is 1. The number of fused-ring (bicyclic) bond motifs is 1. The molecule has 1 aromatic rings. The maximum absolute atomic E-state index is 12.5. The predicted octanol–water partition coefficient (Wildman–Crippen LogP) is 2.22. The zero-order valence-electron chi connectivity index (χ0n) is 12.2. The van der Waals surface area contributed by atoms with E-state index in [-0.39, 0.29) is 11.9 Å². The van der Waals surface area contributed by atoms with Crippen LogP contribution in [0, 0.1) is 0 Å². The summed E-state index contributed by atoms with van der Waals surface area (Å²) in [4.78, 5) is 14.8. The molecule has 0 amide bonds. The SMILES string of the molecule is CCN1CCOC(C(=O)Cc2cc(Br)cc3c2OCC3)C1. The first-order chi connectivity index (χ1) is 10.2. The molecule has 0 bridgehead atoms. The Hall–Kier alpha value is -0.910. The molecular weight excluding hydrogens is 334 g/mol. The molecule has 1 saturated heterocycles. The standard InChI is InChI=1S/C16H20BrNO3/c1-2-18-4-6-20-15(10-18)14(19)9-12-8-13(17)7-11-3-5-21-16(11)12/h7-8,15H,2-6,9-10H2,1H3. The summed E-state index contributed by atoms with van der Waals surface area (Å²) in [6.07, 6.45) is 0.985. The number of hydrogen-bond acceptors (Lipinski definition) is 4. The zero-order chi connectivity index (χ0) is 14.8. The largest absolute Gasteiger partial charge is 0.493 e. The molecule has 0 saturated carbocycles. The molecule has 1 unspecified atom stereocenters. The number of carbonyl (C=O) groups excluding carboxylic acids is 1. The molecule has 0 aromatic heterocycles. The Morgan fingerprint density at radius 1 is 1.43 bits per heavy atom. The molecule has 0 aliphatic carbocycles. The number of likely N-dealkylation sites (N-methyl/N-ethyl adjacent to an activating group) is 1. The third kappa shape index (κ3) is 3.30. The molecule has 114 valence electrons. The van der Waals surface area contributed by atoms with Gasteiger partial charge in [0.25, 0.3) is 0 Å². The molecule has 2 heterocycles. The molecule has 2 aliphatic rings. The van der Waals surface area contributed by atoms with Crippen LogP contribution in [0.4, 0.5) is 0 Å². The van der Waals surface area contributed by atoms with Crippen molar-refractivity contribution in [1.82, 2.24) is 4.90 Å². The second-order valence-corrected chi connectivity index (χ2v) is 6.46. The zero-order valence-corrected chi connectivity index (χ0v) is 13.8. The van der Waals surface area contributed by atoms with Crippen molar-refractivity contribution in [3.63, 3.8) is 0 Å². The normalized spacial score (nSPS) is 21.9. The van der Waals surface area contributed by atoms with E-state index in [9.17, 15) is 4.79 Å². The Bertz CT molecular complexity index is 547. The van der Waals surface area contributed by atoms with E-state index in [1.807, 2.05) is 6.07 Å². The first-order valence-corrected chi connectivity index (χ1v) is 8.27. The van der Waals surface area contributed by atoms with Gasteiger partial charge in [0.15, 0.2) is 5.78 Å². The van der Waals surface area contributed by atoms with Gasteiger partial charge in [-0.1, -0.05) is 22.9 Å². The maximum atomic E-state index is 12.5. The van der Waals surface area contributed by atoms with Crippen LogP contribution in [0.25, 0.3) is 0 Å². The number of nitrogens with zero attached hydrogens (tertiary/aromatic N) is 1. The minimum Gasteiger partial charge on any atom is -0.493 e. The molecule has 5 heteroatoms. The van der Waals surface area contributed by atoms with E-state index in [2.05, 4.69) is 33.8 Å². The van der Waals surface area contributed by atoms with Gasteiger partial charge >= 0.3 is 0 Å². The van der Waals surface area contributed by atoms with Gasteiger partial charge in [-0.05, 0) is 24.2 Å². The molecular formula is C16H20BrNO3. The first-order valence-electron chi connectivity index (χ1n) is 7.48. The number of carbonyl (C=O) groups is 1. The van der Waals surface area contributed by atoms with Gasteiger partial charge in [0, 0.05) is 36.0 Å². The summed E-state index contributed by atoms with van der Waals surface area (Å²) in [7, 11) is 0. The number of rotatable bonds is 4. The van der Waals surface area contributed by atoms with Gasteiger partial charge in [-0.3, -0.25) is 9.69 Å². The second kappa shape index (κ2) is 6.46. The summed E-state index contributed by atoms with van der Waals surface area (Å²) in [6, 6.07) is 4.06. The summed E-state index contributed by atoms with van der Waals surface area (Å²) in [6.45, 7) is 6.03. The number of morpholine rings is 1. The quantitative estimate of drug-likeness (QED) is 0.831. The molecule has 2 aliphatic heterocycles. The van der Waals surface area contributed by atoms with Crippen molar-refractivity contribution in [1.29, 1.82) is 0 Å². The monoisotopic (exact) mass is 353 g/mol. The van der Waals surface area contributed by atoms with Crippen molar-refractivity contribution in [2.24, 2.45) is 0 Å². The third-order valence-electron chi connectivity index (χ3n) is 4.15. The number of hydrogen-bond donors (Lipinski definition) is 0. The van der Waals surface area contributed by atoms with Gasteiger partial charge in [-0.25, -0.2) is 0 Å². The van der Waals surface area contributed by atoms with E-state index < -0.39 is 0 Å². The fraction of sp³-hybridized carbons (Fsp3) is 0.562. The van der Waals surface area contributed by atoms with Gasteiger partial charge in [-0.2, -0.15) is 0 Å². The highest BCUT2D eigenvalue weighted by atomic mass is 79.9. The van der Waals surface area contributed by atoms with Gasteiger partial charge in [-0.15, -0.1) is 0 Å². The molecule has 1 aromatic carbocycles. The molecule has 0 spiro atoms. The highest BCUT2D eigenvalue weighted by Gasteiger charge is 2.27. The molecule has 1 fully saturated rings. The third-order valence-corrected chi connectivity index (χ3v) is 4.60. The average molecular weight is 354 g/mol. The number of Topliss-reactive ketones (excluding diaryl/α,β-unsaturated/α-hetero) is 1. The molecule has 0 radical (unpaired) electrons. The Morgan fingerprint density at radius 2 is 2.29 bits per heavy atom. The summed E-state index contributed by atoms with van der Waals surface area (Å²) in [5.74, 6) is 1.04. The highest BCUT2D eigenvalue weighted by molar-refractivity contribution is 9.10. The summed E-state index contributed by atoms with van der Waals surface area (Å²) < 4.78 is 12.3. The average Bonchev–Trinajstić information content (AvgIpc) is 2.95. The fourth-order valence-electron chi connectivity index (χ4n) is 2.96. The van der Waals surface area contributed by atoms with E-state index >= 15 is 0 Å². The number of halogens is 1. The van der Waals surface area contributed by atoms with Crippen LogP contribution in [0.3, 0.4) is 0 Å². The Labute approximate surface area is 133 Å². The van der Waals surface area contributed by atoms with Crippen LogP contribution in [0.15, 0.2) is 16.6 Å². The number of benzene rings is 1. The Morgan fingerprint density at radius 3 is 3.10 bits per heavy atom. The van der Waals surface area contributed by atoms with Gasteiger partial charge in [0.2, 0.25) is 0 Å². The second-order valence-electron chi connectivity index (χ2n) is 5.55. The van der Waals surface area contributed by atoms with Gasteiger partial charge in [0.05, 0.1) is 13.2 Å². The van der Waals surface area contributed by atoms with Crippen molar-refractivity contribution in [3.05, 3.63) is 27.7 Å². The first kappa shape index (κ1) is 15.0. The predicted molar refractivity (Wildman–Crippen MR) is 83.9 cm³/mol. The lowest BCUT2D eigenvalue weighted by Gasteiger charge is -2.31. The lowest BCUT2D eigenvalue weighted by atomic mass is 10.0. The van der Waals surface area contributed by atoms with Crippen molar-refractivity contribution in [3.8, 4) is 5.75 Å². The van der Waals surface area contributed by atoms with Crippen molar-refractivity contribution in [2.75, 3.05) is 32.8 Å². The Kier molecular flexibility index (Phi) is 4.62. The molecule has 3 rings (SSSR count). The van der Waals surface area contributed by atoms with Crippen molar-refractivity contribution in [2.45, 2.75) is 25.9 Å². The van der Waals surface area contributed by atoms with Crippen molar-refractivity contribution < 1.29 is 14.3 Å². The maximum Gasteiger partial charge on any atom is 0.167 e. The topological polar surface area (TPSA) is 38.8 Å². The van der Waals surface area contributed by atoms with Crippen LogP contribution in [0.2, 0.25) is 0 Å².